The van der Waals surface area contributed by atoms with Crippen LogP contribution in [0.15, 0.2) is 35.7 Å². The molecule has 0 unspecified atom stereocenters. The second-order valence-corrected chi connectivity index (χ2v) is 5.86. The smallest absolute Gasteiger partial charge is 0.233 e. The van der Waals surface area contributed by atoms with Crippen LogP contribution in [0.5, 0.6) is 5.75 Å². The summed E-state index contributed by atoms with van der Waals surface area (Å²) in [4.78, 5) is 12.1. The fraction of sp³-hybridized carbons (Fsp3) is 0.357. The Kier molecular flexibility index (Phi) is 5.21. The molecule has 7 heteroatoms. The highest BCUT2D eigenvalue weighted by Crippen LogP contribution is 2.20. The highest BCUT2D eigenvalue weighted by Gasteiger charge is 2.16. The average Bonchev–Trinajstić information content (AvgIpc) is 2.90. The van der Waals surface area contributed by atoms with Crippen LogP contribution in [0, 0.1) is 0 Å². The minimum absolute atomic E-state index is 0.0289. The molecule has 0 fully saturated rings. The molecule has 1 amide bonds. The lowest BCUT2D eigenvalue weighted by atomic mass is 10.2. The minimum atomic E-state index is -0.230. The van der Waals surface area contributed by atoms with Crippen molar-refractivity contribution in [3.8, 4) is 5.75 Å². The highest BCUT2D eigenvalue weighted by molar-refractivity contribution is 8.00. The molecule has 2 aromatic rings. The zero-order valence-corrected chi connectivity index (χ0v) is 13.1. The van der Waals surface area contributed by atoms with Crippen molar-refractivity contribution in [2.24, 2.45) is 7.05 Å². The maximum atomic E-state index is 12.1. The highest BCUT2D eigenvalue weighted by atomic mass is 32.2. The van der Waals surface area contributed by atoms with Gasteiger partial charge in [0, 0.05) is 13.6 Å². The number of hydrogen-bond donors (Lipinski definition) is 1. The SMILES string of the molecule is COc1ccc(CNC(=O)[C@H](C)Sc2nncn2C)cc1. The molecule has 21 heavy (non-hydrogen) atoms. The fourth-order valence-electron chi connectivity index (χ4n) is 1.67. The molecular weight excluding hydrogens is 288 g/mol. The Morgan fingerprint density at radius 1 is 1.43 bits per heavy atom. The number of amides is 1. The third-order valence-electron chi connectivity index (χ3n) is 2.95. The van der Waals surface area contributed by atoms with Gasteiger partial charge in [-0.1, -0.05) is 23.9 Å². The fourth-order valence-corrected chi connectivity index (χ4v) is 2.48. The molecule has 1 N–H and O–H groups in total. The normalized spacial score (nSPS) is 12.0. The number of aryl methyl sites for hydroxylation is 1. The van der Waals surface area contributed by atoms with E-state index in [9.17, 15) is 4.79 Å². The van der Waals surface area contributed by atoms with Gasteiger partial charge in [-0.25, -0.2) is 0 Å². The molecule has 6 nitrogen and oxygen atoms in total. The second-order valence-electron chi connectivity index (χ2n) is 4.55. The summed E-state index contributed by atoms with van der Waals surface area (Å²) >= 11 is 1.38. The van der Waals surface area contributed by atoms with E-state index in [-0.39, 0.29) is 11.2 Å². The van der Waals surface area contributed by atoms with E-state index in [0.29, 0.717) is 6.54 Å². The Bertz CT molecular complexity index is 597. The lowest BCUT2D eigenvalue weighted by Gasteiger charge is -2.11. The van der Waals surface area contributed by atoms with Crippen LogP contribution in [-0.4, -0.2) is 33.0 Å². The zero-order chi connectivity index (χ0) is 15.2. The minimum Gasteiger partial charge on any atom is -0.497 e. The molecule has 112 valence electrons. The van der Waals surface area contributed by atoms with Gasteiger partial charge in [-0.05, 0) is 24.6 Å². The molecule has 2 rings (SSSR count). The van der Waals surface area contributed by atoms with E-state index in [4.69, 9.17) is 4.74 Å². The third kappa shape index (κ3) is 4.22. The first-order valence-electron chi connectivity index (χ1n) is 6.51. The summed E-state index contributed by atoms with van der Waals surface area (Å²) in [6.07, 6.45) is 1.62. The third-order valence-corrected chi connectivity index (χ3v) is 4.10. The van der Waals surface area contributed by atoms with Gasteiger partial charge in [0.25, 0.3) is 0 Å². The maximum Gasteiger partial charge on any atom is 0.233 e. The first-order valence-corrected chi connectivity index (χ1v) is 7.39. The molecule has 0 saturated heterocycles. The van der Waals surface area contributed by atoms with Crippen LogP contribution in [0.2, 0.25) is 0 Å². The summed E-state index contributed by atoms with van der Waals surface area (Å²) < 4.78 is 6.89. The molecule has 0 saturated carbocycles. The molecular formula is C14H18N4O2S. The van der Waals surface area contributed by atoms with Gasteiger partial charge in [0.1, 0.15) is 12.1 Å². The molecule has 1 heterocycles. The quantitative estimate of drug-likeness (QED) is 0.821. The van der Waals surface area contributed by atoms with Crippen molar-refractivity contribution in [1.29, 1.82) is 0 Å². The standard InChI is InChI=1S/C14H18N4O2S/c1-10(21-14-17-16-9-18(14)2)13(19)15-8-11-4-6-12(20-3)7-5-11/h4-7,9-10H,8H2,1-3H3,(H,15,19)/t10-/m0/s1. The average molecular weight is 306 g/mol. The van der Waals surface area contributed by atoms with Crippen LogP contribution >= 0.6 is 11.8 Å². The van der Waals surface area contributed by atoms with Crippen molar-refractivity contribution in [3.63, 3.8) is 0 Å². The van der Waals surface area contributed by atoms with Gasteiger partial charge in [0.05, 0.1) is 12.4 Å². The van der Waals surface area contributed by atoms with E-state index in [2.05, 4.69) is 15.5 Å². The van der Waals surface area contributed by atoms with Crippen molar-refractivity contribution in [1.82, 2.24) is 20.1 Å². The zero-order valence-electron chi connectivity index (χ0n) is 12.2. The number of thioether (sulfide) groups is 1. The number of rotatable bonds is 6. The largest absolute Gasteiger partial charge is 0.497 e. The Hall–Kier alpha value is -2.02. The summed E-state index contributed by atoms with van der Waals surface area (Å²) in [5.74, 6) is 0.773. The van der Waals surface area contributed by atoms with Crippen LogP contribution in [0.3, 0.4) is 0 Å². The molecule has 0 aliphatic carbocycles. The van der Waals surface area contributed by atoms with Gasteiger partial charge in [0.15, 0.2) is 5.16 Å². The van der Waals surface area contributed by atoms with Gasteiger partial charge in [-0.15, -0.1) is 10.2 Å². The van der Waals surface area contributed by atoms with Crippen LogP contribution in [-0.2, 0) is 18.4 Å². The lowest BCUT2D eigenvalue weighted by molar-refractivity contribution is -0.120. The van der Waals surface area contributed by atoms with E-state index < -0.39 is 0 Å². The Morgan fingerprint density at radius 3 is 2.71 bits per heavy atom. The molecule has 1 aromatic heterocycles. The van der Waals surface area contributed by atoms with E-state index in [1.807, 2.05) is 38.2 Å². The predicted molar refractivity (Wildman–Crippen MR) is 81.2 cm³/mol. The van der Waals surface area contributed by atoms with Gasteiger partial charge < -0.3 is 14.6 Å². The summed E-state index contributed by atoms with van der Waals surface area (Å²) in [6.45, 7) is 2.34. The number of nitrogens with one attached hydrogen (secondary N) is 1. The molecule has 1 aromatic carbocycles. The van der Waals surface area contributed by atoms with E-state index in [1.165, 1.54) is 11.8 Å². The lowest BCUT2D eigenvalue weighted by Crippen LogP contribution is -2.30. The van der Waals surface area contributed by atoms with Crippen molar-refractivity contribution < 1.29 is 9.53 Å². The number of hydrogen-bond acceptors (Lipinski definition) is 5. The number of ether oxygens (including phenoxy) is 1. The van der Waals surface area contributed by atoms with Crippen LogP contribution in [0.1, 0.15) is 12.5 Å². The van der Waals surface area contributed by atoms with E-state index in [1.54, 1.807) is 18.0 Å². The molecule has 0 aliphatic heterocycles. The van der Waals surface area contributed by atoms with Gasteiger partial charge >= 0.3 is 0 Å². The van der Waals surface area contributed by atoms with Crippen LogP contribution in [0.4, 0.5) is 0 Å². The topological polar surface area (TPSA) is 69.0 Å². The monoisotopic (exact) mass is 306 g/mol. The van der Waals surface area contributed by atoms with Crippen molar-refractivity contribution in [2.45, 2.75) is 23.9 Å². The second kappa shape index (κ2) is 7.12. The van der Waals surface area contributed by atoms with Crippen molar-refractivity contribution >= 4 is 17.7 Å². The Balaban J connectivity index is 1.84. The van der Waals surface area contributed by atoms with Crippen LogP contribution in [0.25, 0.3) is 0 Å². The Morgan fingerprint density at radius 2 is 2.14 bits per heavy atom. The first-order chi connectivity index (χ1) is 10.1. The van der Waals surface area contributed by atoms with Gasteiger partial charge in [-0.2, -0.15) is 0 Å². The summed E-state index contributed by atoms with van der Waals surface area (Å²) in [6, 6.07) is 7.61. The molecule has 0 bridgehead atoms. The molecule has 0 spiro atoms. The summed E-state index contributed by atoms with van der Waals surface area (Å²) in [5, 5.41) is 11.2. The van der Waals surface area contributed by atoms with Gasteiger partial charge in [0.2, 0.25) is 5.91 Å². The molecule has 1 atom stereocenters. The summed E-state index contributed by atoms with van der Waals surface area (Å²) in [7, 11) is 3.48. The number of methoxy groups -OCH3 is 1. The number of aromatic nitrogens is 3. The van der Waals surface area contributed by atoms with E-state index >= 15 is 0 Å². The van der Waals surface area contributed by atoms with Crippen molar-refractivity contribution in [2.75, 3.05) is 7.11 Å². The molecule has 0 aliphatic rings. The maximum absolute atomic E-state index is 12.1. The van der Waals surface area contributed by atoms with E-state index in [0.717, 1.165) is 16.5 Å². The summed E-state index contributed by atoms with van der Waals surface area (Å²) in [5.41, 5.74) is 1.03. The first kappa shape index (κ1) is 15.4. The molecule has 0 radical (unpaired) electrons. The number of nitrogens with zero attached hydrogens (tertiary/aromatic N) is 3. The number of carbonyl (C=O) groups is 1. The van der Waals surface area contributed by atoms with Crippen LogP contribution < -0.4 is 10.1 Å². The number of benzene rings is 1. The number of carbonyl (C=O) groups excluding carboxylic acids is 1. The van der Waals surface area contributed by atoms with Gasteiger partial charge in [-0.3, -0.25) is 4.79 Å². The Labute approximate surface area is 127 Å². The predicted octanol–water partition coefficient (Wildman–Crippen LogP) is 1.62. The van der Waals surface area contributed by atoms with Crippen molar-refractivity contribution in [3.05, 3.63) is 36.2 Å².